The van der Waals surface area contributed by atoms with Crippen molar-refractivity contribution in [1.29, 1.82) is 0 Å². The standard InChI is InChI=1S/C15H18N4O/c1-12-14(10-16-11-18-12)15(20)17-8-9-19(2)13-6-4-3-5-7-13/h3-7,10-11H,8-9H2,1-2H3,(H,17,20). The van der Waals surface area contributed by atoms with Crippen LogP contribution in [0.1, 0.15) is 16.1 Å². The highest BCUT2D eigenvalue weighted by Crippen LogP contribution is 2.09. The molecule has 0 aliphatic rings. The summed E-state index contributed by atoms with van der Waals surface area (Å²) in [5.74, 6) is -0.135. The van der Waals surface area contributed by atoms with Gasteiger partial charge in [-0.2, -0.15) is 0 Å². The highest BCUT2D eigenvalue weighted by atomic mass is 16.1. The van der Waals surface area contributed by atoms with Crippen molar-refractivity contribution in [3.05, 3.63) is 54.1 Å². The summed E-state index contributed by atoms with van der Waals surface area (Å²) in [6.45, 7) is 3.10. The van der Waals surface area contributed by atoms with Crippen molar-refractivity contribution < 1.29 is 4.79 Å². The zero-order chi connectivity index (χ0) is 14.4. The number of likely N-dealkylation sites (N-methyl/N-ethyl adjacent to an activating group) is 1. The topological polar surface area (TPSA) is 58.1 Å². The van der Waals surface area contributed by atoms with Gasteiger partial charge in [0.1, 0.15) is 6.33 Å². The molecule has 0 aliphatic heterocycles. The van der Waals surface area contributed by atoms with Gasteiger partial charge < -0.3 is 10.2 Å². The van der Waals surface area contributed by atoms with Gasteiger partial charge in [-0.25, -0.2) is 9.97 Å². The summed E-state index contributed by atoms with van der Waals surface area (Å²) < 4.78 is 0. The number of hydrogen-bond acceptors (Lipinski definition) is 4. The number of amides is 1. The normalized spacial score (nSPS) is 10.1. The highest BCUT2D eigenvalue weighted by molar-refractivity contribution is 5.94. The number of aryl methyl sites for hydroxylation is 1. The van der Waals surface area contributed by atoms with E-state index in [1.54, 1.807) is 13.1 Å². The summed E-state index contributed by atoms with van der Waals surface area (Å²) in [5, 5.41) is 2.88. The summed E-state index contributed by atoms with van der Waals surface area (Å²) in [5.41, 5.74) is 2.34. The summed E-state index contributed by atoms with van der Waals surface area (Å²) >= 11 is 0. The van der Waals surface area contributed by atoms with E-state index in [9.17, 15) is 4.79 Å². The van der Waals surface area contributed by atoms with E-state index in [1.165, 1.54) is 6.33 Å². The van der Waals surface area contributed by atoms with Crippen LogP contribution in [-0.2, 0) is 0 Å². The molecule has 0 fully saturated rings. The summed E-state index contributed by atoms with van der Waals surface area (Å²) in [7, 11) is 2.00. The lowest BCUT2D eigenvalue weighted by atomic mass is 10.2. The van der Waals surface area contributed by atoms with Crippen LogP contribution >= 0.6 is 0 Å². The second-order valence-electron chi connectivity index (χ2n) is 4.53. The molecule has 0 saturated heterocycles. The van der Waals surface area contributed by atoms with Crippen molar-refractivity contribution in [2.45, 2.75) is 6.92 Å². The Balaban J connectivity index is 1.84. The van der Waals surface area contributed by atoms with Crippen molar-refractivity contribution in [2.75, 3.05) is 25.0 Å². The van der Waals surface area contributed by atoms with E-state index in [0.29, 0.717) is 17.8 Å². The number of nitrogens with one attached hydrogen (secondary N) is 1. The molecule has 0 spiro atoms. The van der Waals surface area contributed by atoms with E-state index < -0.39 is 0 Å². The fraction of sp³-hybridized carbons (Fsp3) is 0.267. The molecule has 0 atom stereocenters. The Morgan fingerprint density at radius 2 is 2.05 bits per heavy atom. The van der Waals surface area contributed by atoms with E-state index in [0.717, 1.165) is 12.2 Å². The predicted molar refractivity (Wildman–Crippen MR) is 78.8 cm³/mol. The third kappa shape index (κ3) is 3.54. The molecule has 2 aromatic rings. The van der Waals surface area contributed by atoms with Crippen molar-refractivity contribution in [3.63, 3.8) is 0 Å². The number of benzene rings is 1. The smallest absolute Gasteiger partial charge is 0.254 e. The van der Waals surface area contributed by atoms with Crippen LogP contribution in [0.2, 0.25) is 0 Å². The molecule has 1 aromatic carbocycles. The van der Waals surface area contributed by atoms with Gasteiger partial charge in [0.05, 0.1) is 11.3 Å². The summed E-state index contributed by atoms with van der Waals surface area (Å²) in [6.07, 6.45) is 2.98. The lowest BCUT2D eigenvalue weighted by Crippen LogP contribution is -2.33. The molecule has 2 rings (SSSR count). The predicted octanol–water partition coefficient (Wildman–Crippen LogP) is 1.65. The fourth-order valence-electron chi connectivity index (χ4n) is 1.86. The van der Waals surface area contributed by atoms with Gasteiger partial charge in [0.25, 0.3) is 5.91 Å². The van der Waals surface area contributed by atoms with Crippen LogP contribution in [0.3, 0.4) is 0 Å². The second-order valence-corrected chi connectivity index (χ2v) is 4.53. The minimum absolute atomic E-state index is 0.135. The van der Waals surface area contributed by atoms with Gasteiger partial charge in [-0.15, -0.1) is 0 Å². The molecule has 1 heterocycles. The Morgan fingerprint density at radius 3 is 2.75 bits per heavy atom. The van der Waals surface area contributed by atoms with E-state index in [2.05, 4.69) is 20.2 Å². The van der Waals surface area contributed by atoms with Gasteiger partial charge in [0, 0.05) is 32.0 Å². The van der Waals surface area contributed by atoms with Crippen molar-refractivity contribution in [1.82, 2.24) is 15.3 Å². The third-order valence-electron chi connectivity index (χ3n) is 3.09. The molecule has 20 heavy (non-hydrogen) atoms. The van der Waals surface area contributed by atoms with Crippen LogP contribution in [0.15, 0.2) is 42.9 Å². The molecule has 0 saturated carbocycles. The molecule has 5 heteroatoms. The Hall–Kier alpha value is -2.43. The molecule has 0 radical (unpaired) electrons. The third-order valence-corrected chi connectivity index (χ3v) is 3.09. The monoisotopic (exact) mass is 270 g/mol. The molecular formula is C15H18N4O. The van der Waals surface area contributed by atoms with Crippen LogP contribution in [0.4, 0.5) is 5.69 Å². The minimum Gasteiger partial charge on any atom is -0.373 e. The molecule has 104 valence electrons. The summed E-state index contributed by atoms with van der Waals surface area (Å²) in [4.78, 5) is 21.9. The number of anilines is 1. The van der Waals surface area contributed by atoms with Crippen LogP contribution < -0.4 is 10.2 Å². The van der Waals surface area contributed by atoms with Gasteiger partial charge in [0.15, 0.2) is 0 Å². The first-order valence-corrected chi connectivity index (χ1v) is 6.49. The van der Waals surface area contributed by atoms with Crippen molar-refractivity contribution in [2.24, 2.45) is 0 Å². The number of aromatic nitrogens is 2. The zero-order valence-corrected chi connectivity index (χ0v) is 11.7. The van der Waals surface area contributed by atoms with Crippen LogP contribution in [0, 0.1) is 6.92 Å². The fourth-order valence-corrected chi connectivity index (χ4v) is 1.86. The number of para-hydroxylation sites is 1. The number of rotatable bonds is 5. The average molecular weight is 270 g/mol. The SMILES string of the molecule is Cc1ncncc1C(=O)NCCN(C)c1ccccc1. The van der Waals surface area contributed by atoms with Crippen LogP contribution in [-0.4, -0.2) is 36.0 Å². The van der Waals surface area contributed by atoms with Crippen LogP contribution in [0.5, 0.6) is 0 Å². The molecule has 1 N–H and O–H groups in total. The highest BCUT2D eigenvalue weighted by Gasteiger charge is 2.09. The first-order chi connectivity index (χ1) is 9.68. The number of carbonyl (C=O) groups excluding carboxylic acids is 1. The first kappa shape index (κ1) is 14.0. The van der Waals surface area contributed by atoms with Crippen molar-refractivity contribution >= 4 is 11.6 Å². The maximum Gasteiger partial charge on any atom is 0.254 e. The lowest BCUT2D eigenvalue weighted by Gasteiger charge is -2.19. The summed E-state index contributed by atoms with van der Waals surface area (Å²) in [6, 6.07) is 10.1. The lowest BCUT2D eigenvalue weighted by molar-refractivity contribution is 0.0953. The average Bonchev–Trinajstić information content (AvgIpc) is 2.48. The largest absolute Gasteiger partial charge is 0.373 e. The van der Waals surface area contributed by atoms with Gasteiger partial charge in [0.2, 0.25) is 0 Å². The Morgan fingerprint density at radius 1 is 1.30 bits per heavy atom. The number of hydrogen-bond donors (Lipinski definition) is 1. The second kappa shape index (κ2) is 6.65. The molecule has 0 aliphatic carbocycles. The van der Waals surface area contributed by atoms with E-state index in [4.69, 9.17) is 0 Å². The Labute approximate surface area is 118 Å². The molecular weight excluding hydrogens is 252 g/mol. The van der Waals surface area contributed by atoms with Gasteiger partial charge >= 0.3 is 0 Å². The van der Waals surface area contributed by atoms with Gasteiger partial charge in [-0.3, -0.25) is 4.79 Å². The number of carbonyl (C=O) groups is 1. The zero-order valence-electron chi connectivity index (χ0n) is 11.7. The van der Waals surface area contributed by atoms with E-state index in [1.807, 2.05) is 37.4 Å². The minimum atomic E-state index is -0.135. The molecule has 5 nitrogen and oxygen atoms in total. The maximum atomic E-state index is 12.0. The van der Waals surface area contributed by atoms with Gasteiger partial charge in [-0.05, 0) is 19.1 Å². The number of nitrogens with zero attached hydrogens (tertiary/aromatic N) is 3. The van der Waals surface area contributed by atoms with E-state index in [-0.39, 0.29) is 5.91 Å². The Kier molecular flexibility index (Phi) is 4.65. The molecule has 0 bridgehead atoms. The molecule has 1 amide bonds. The van der Waals surface area contributed by atoms with Crippen LogP contribution in [0.25, 0.3) is 0 Å². The first-order valence-electron chi connectivity index (χ1n) is 6.49. The molecule has 0 unspecified atom stereocenters. The van der Waals surface area contributed by atoms with E-state index >= 15 is 0 Å². The Bertz CT molecular complexity index is 571. The molecule has 1 aromatic heterocycles. The van der Waals surface area contributed by atoms with Gasteiger partial charge in [-0.1, -0.05) is 18.2 Å². The quantitative estimate of drug-likeness (QED) is 0.897. The van der Waals surface area contributed by atoms with Crippen molar-refractivity contribution in [3.8, 4) is 0 Å². The maximum absolute atomic E-state index is 12.0.